The standard InChI is InChI=1S/C11H16N4O2S3/c1-2-13-20(16,17)15-11-14-9(7-18-11)10-4-3-8(19-10)5-6-12/h3-4,7,13H,2,5-6,12H2,1H3,(H,14,15). The molecule has 2 aromatic rings. The molecule has 0 aliphatic rings. The van der Waals surface area contributed by atoms with Crippen LogP contribution in [-0.4, -0.2) is 26.5 Å². The van der Waals surface area contributed by atoms with Gasteiger partial charge in [-0.05, 0) is 25.1 Å². The highest BCUT2D eigenvalue weighted by Gasteiger charge is 2.12. The summed E-state index contributed by atoms with van der Waals surface area (Å²) in [5.74, 6) is 0. The van der Waals surface area contributed by atoms with E-state index in [1.54, 1.807) is 18.3 Å². The minimum atomic E-state index is -3.52. The van der Waals surface area contributed by atoms with E-state index in [1.807, 2.05) is 17.5 Å². The highest BCUT2D eigenvalue weighted by atomic mass is 32.2. The van der Waals surface area contributed by atoms with Crippen LogP contribution >= 0.6 is 22.7 Å². The van der Waals surface area contributed by atoms with Crippen molar-refractivity contribution in [2.24, 2.45) is 5.73 Å². The van der Waals surface area contributed by atoms with Crippen molar-refractivity contribution < 1.29 is 8.42 Å². The van der Waals surface area contributed by atoms with Gasteiger partial charge in [0.25, 0.3) is 0 Å². The van der Waals surface area contributed by atoms with Gasteiger partial charge in [0, 0.05) is 16.8 Å². The minimum Gasteiger partial charge on any atom is -0.330 e. The lowest BCUT2D eigenvalue weighted by Gasteiger charge is -2.03. The van der Waals surface area contributed by atoms with Crippen LogP contribution in [0.1, 0.15) is 11.8 Å². The lowest BCUT2D eigenvalue weighted by Crippen LogP contribution is -2.29. The van der Waals surface area contributed by atoms with Gasteiger partial charge < -0.3 is 5.73 Å². The smallest absolute Gasteiger partial charge is 0.300 e. The molecule has 0 saturated heterocycles. The Balaban J connectivity index is 2.12. The Morgan fingerprint density at radius 2 is 2.20 bits per heavy atom. The van der Waals surface area contributed by atoms with Gasteiger partial charge in [-0.25, -0.2) is 9.71 Å². The summed E-state index contributed by atoms with van der Waals surface area (Å²) >= 11 is 2.88. The van der Waals surface area contributed by atoms with Crippen molar-refractivity contribution >= 4 is 38.0 Å². The van der Waals surface area contributed by atoms with Gasteiger partial charge in [-0.3, -0.25) is 0 Å². The first kappa shape index (κ1) is 15.4. The summed E-state index contributed by atoms with van der Waals surface area (Å²) in [5.41, 5.74) is 6.30. The largest absolute Gasteiger partial charge is 0.330 e. The Kier molecular flexibility index (Phi) is 5.11. The van der Waals surface area contributed by atoms with Gasteiger partial charge in [-0.15, -0.1) is 22.7 Å². The molecule has 0 radical (unpaired) electrons. The van der Waals surface area contributed by atoms with Crippen molar-refractivity contribution in [3.05, 3.63) is 22.4 Å². The summed E-state index contributed by atoms with van der Waals surface area (Å²) in [6.45, 7) is 2.67. The molecule has 0 aliphatic carbocycles. The zero-order chi connectivity index (χ0) is 14.6. The van der Waals surface area contributed by atoms with Crippen molar-refractivity contribution in [1.82, 2.24) is 9.71 Å². The van der Waals surface area contributed by atoms with E-state index in [0.717, 1.165) is 17.0 Å². The summed E-state index contributed by atoms with van der Waals surface area (Å²) in [5, 5.41) is 2.19. The minimum absolute atomic E-state index is 0.334. The van der Waals surface area contributed by atoms with E-state index in [-0.39, 0.29) is 0 Å². The molecule has 0 unspecified atom stereocenters. The molecule has 2 heterocycles. The van der Waals surface area contributed by atoms with E-state index in [2.05, 4.69) is 14.4 Å². The molecule has 0 atom stereocenters. The highest BCUT2D eigenvalue weighted by Crippen LogP contribution is 2.31. The average molecular weight is 332 g/mol. The van der Waals surface area contributed by atoms with Gasteiger partial charge in [-0.1, -0.05) is 6.92 Å². The van der Waals surface area contributed by atoms with E-state index in [9.17, 15) is 8.42 Å². The van der Waals surface area contributed by atoms with Crippen LogP contribution in [0.5, 0.6) is 0 Å². The Hall–Kier alpha value is -1.00. The molecule has 0 aliphatic heterocycles. The number of hydrogen-bond donors (Lipinski definition) is 3. The summed E-state index contributed by atoms with van der Waals surface area (Å²) in [6, 6.07) is 4.00. The molecule has 4 N–H and O–H groups in total. The van der Waals surface area contributed by atoms with Crippen molar-refractivity contribution in [2.75, 3.05) is 17.8 Å². The molecule has 9 heteroatoms. The monoisotopic (exact) mass is 332 g/mol. The second kappa shape index (κ2) is 6.64. The fourth-order valence-corrected chi connectivity index (χ4v) is 4.43. The van der Waals surface area contributed by atoms with Crippen molar-refractivity contribution in [2.45, 2.75) is 13.3 Å². The van der Waals surface area contributed by atoms with E-state index in [1.165, 1.54) is 16.2 Å². The fraction of sp³-hybridized carbons (Fsp3) is 0.364. The summed E-state index contributed by atoms with van der Waals surface area (Å²) in [4.78, 5) is 6.50. The first-order chi connectivity index (χ1) is 9.54. The first-order valence-corrected chi connectivity index (χ1v) is 9.24. The van der Waals surface area contributed by atoms with Crippen molar-refractivity contribution in [3.8, 4) is 10.6 Å². The molecule has 0 spiro atoms. The highest BCUT2D eigenvalue weighted by molar-refractivity contribution is 7.91. The lowest BCUT2D eigenvalue weighted by atomic mass is 10.3. The number of nitrogens with zero attached hydrogens (tertiary/aromatic N) is 1. The van der Waals surface area contributed by atoms with E-state index in [4.69, 9.17) is 5.73 Å². The van der Waals surface area contributed by atoms with Gasteiger partial charge in [0.15, 0.2) is 5.13 Å². The fourth-order valence-electron chi connectivity index (χ4n) is 1.57. The maximum atomic E-state index is 11.6. The topological polar surface area (TPSA) is 97.1 Å². The van der Waals surface area contributed by atoms with Crippen LogP contribution in [-0.2, 0) is 16.6 Å². The number of hydrogen-bond acceptors (Lipinski definition) is 6. The normalized spacial score (nSPS) is 11.7. The maximum absolute atomic E-state index is 11.6. The summed E-state index contributed by atoms with van der Waals surface area (Å²) in [6.07, 6.45) is 0.842. The molecule has 0 amide bonds. The van der Waals surface area contributed by atoms with Crippen molar-refractivity contribution in [3.63, 3.8) is 0 Å². The van der Waals surface area contributed by atoms with E-state index < -0.39 is 10.2 Å². The van der Waals surface area contributed by atoms with Gasteiger partial charge in [0.05, 0.1) is 10.6 Å². The molecule has 110 valence electrons. The number of nitrogens with one attached hydrogen (secondary N) is 2. The van der Waals surface area contributed by atoms with E-state index in [0.29, 0.717) is 18.2 Å². The SMILES string of the molecule is CCNS(=O)(=O)Nc1nc(-c2ccc(CCN)s2)cs1. The third kappa shape index (κ3) is 4.00. The molecule has 6 nitrogen and oxygen atoms in total. The molecule has 0 bridgehead atoms. The van der Waals surface area contributed by atoms with Crippen LogP contribution in [0.25, 0.3) is 10.6 Å². The predicted molar refractivity (Wildman–Crippen MR) is 84.4 cm³/mol. The second-order valence-corrected chi connectivity index (χ2v) is 7.47. The van der Waals surface area contributed by atoms with Crippen LogP contribution < -0.4 is 15.2 Å². The zero-order valence-electron chi connectivity index (χ0n) is 10.9. The Morgan fingerprint density at radius 3 is 2.90 bits per heavy atom. The number of rotatable bonds is 7. The van der Waals surface area contributed by atoms with Crippen LogP contribution in [0.15, 0.2) is 17.5 Å². The third-order valence-corrected chi connectivity index (χ3v) is 5.55. The second-order valence-electron chi connectivity index (χ2n) is 3.95. The van der Waals surface area contributed by atoms with Gasteiger partial charge in [-0.2, -0.15) is 13.1 Å². The predicted octanol–water partition coefficient (Wildman–Crippen LogP) is 1.64. The molecule has 2 aromatic heterocycles. The third-order valence-electron chi connectivity index (χ3n) is 2.37. The quantitative estimate of drug-likeness (QED) is 0.718. The molecule has 2 rings (SSSR count). The van der Waals surface area contributed by atoms with Crippen molar-refractivity contribution in [1.29, 1.82) is 0 Å². The van der Waals surface area contributed by atoms with Crippen LogP contribution in [0.2, 0.25) is 0 Å². The molecule has 0 aromatic carbocycles. The van der Waals surface area contributed by atoms with Gasteiger partial charge in [0.1, 0.15) is 0 Å². The Labute approximate surface area is 126 Å². The maximum Gasteiger partial charge on any atom is 0.300 e. The zero-order valence-corrected chi connectivity index (χ0v) is 13.4. The average Bonchev–Trinajstić information content (AvgIpc) is 2.98. The first-order valence-electron chi connectivity index (χ1n) is 6.06. The number of nitrogens with two attached hydrogens (primary N) is 1. The van der Waals surface area contributed by atoms with E-state index >= 15 is 0 Å². The molecular formula is C11H16N4O2S3. The Bertz CT molecular complexity index is 663. The summed E-state index contributed by atoms with van der Waals surface area (Å²) < 4.78 is 27.9. The van der Waals surface area contributed by atoms with Crippen LogP contribution in [0.3, 0.4) is 0 Å². The molecular weight excluding hydrogens is 316 g/mol. The van der Waals surface area contributed by atoms with Gasteiger partial charge in [0.2, 0.25) is 0 Å². The molecule has 0 fully saturated rings. The Morgan fingerprint density at radius 1 is 1.40 bits per heavy atom. The number of anilines is 1. The number of thiazole rings is 1. The summed E-state index contributed by atoms with van der Waals surface area (Å²) in [7, 11) is -3.52. The van der Waals surface area contributed by atoms with Crippen LogP contribution in [0.4, 0.5) is 5.13 Å². The molecule has 0 saturated carbocycles. The lowest BCUT2D eigenvalue weighted by molar-refractivity contribution is 0.589. The number of aromatic nitrogens is 1. The van der Waals surface area contributed by atoms with Crippen LogP contribution in [0, 0.1) is 0 Å². The van der Waals surface area contributed by atoms with Gasteiger partial charge >= 0.3 is 10.2 Å². The number of thiophene rings is 1. The molecule has 20 heavy (non-hydrogen) atoms.